The minimum absolute atomic E-state index is 0.865. The van der Waals surface area contributed by atoms with Gasteiger partial charge < -0.3 is 8.98 Å². The van der Waals surface area contributed by atoms with Gasteiger partial charge in [0.25, 0.3) is 0 Å². The highest BCUT2D eigenvalue weighted by Gasteiger charge is 2.16. The van der Waals surface area contributed by atoms with Gasteiger partial charge in [0.1, 0.15) is 11.2 Å². The molecular weight excluding hydrogens is 562 g/mol. The van der Waals surface area contributed by atoms with Crippen molar-refractivity contribution in [3.05, 3.63) is 152 Å². The summed E-state index contributed by atoms with van der Waals surface area (Å²) < 4.78 is 8.69. The number of fused-ring (bicyclic) bond motifs is 9. The van der Waals surface area contributed by atoms with Crippen LogP contribution in [-0.2, 0) is 0 Å². The molecular formula is C42H25N3O. The van der Waals surface area contributed by atoms with Crippen molar-refractivity contribution in [1.82, 2.24) is 14.5 Å². The molecule has 4 aromatic heterocycles. The van der Waals surface area contributed by atoms with Crippen LogP contribution in [0.25, 0.3) is 93.6 Å². The highest BCUT2D eigenvalue weighted by molar-refractivity contribution is 6.13. The molecule has 0 fully saturated rings. The Balaban J connectivity index is 1.15. The maximum Gasteiger partial charge on any atom is 0.135 e. The molecule has 4 heterocycles. The number of rotatable bonds is 3. The Labute approximate surface area is 263 Å². The molecule has 0 amide bonds. The van der Waals surface area contributed by atoms with Crippen LogP contribution in [0, 0.1) is 0 Å². The fourth-order valence-electron chi connectivity index (χ4n) is 7.10. The number of hydrogen-bond donors (Lipinski definition) is 0. The summed E-state index contributed by atoms with van der Waals surface area (Å²) in [5, 5.41) is 6.84. The van der Waals surface area contributed by atoms with E-state index in [1.54, 1.807) is 0 Å². The summed E-state index contributed by atoms with van der Waals surface area (Å²) >= 11 is 0. The molecule has 6 aromatic carbocycles. The monoisotopic (exact) mass is 587 g/mol. The van der Waals surface area contributed by atoms with E-state index in [4.69, 9.17) is 9.40 Å². The Bertz CT molecular complexity index is 2810. The number of furan rings is 1. The van der Waals surface area contributed by atoms with E-state index in [0.717, 1.165) is 66.3 Å². The Morgan fingerprint density at radius 3 is 1.91 bits per heavy atom. The van der Waals surface area contributed by atoms with Crippen molar-refractivity contribution < 1.29 is 4.42 Å². The van der Waals surface area contributed by atoms with E-state index < -0.39 is 0 Å². The van der Waals surface area contributed by atoms with Gasteiger partial charge in [-0.15, -0.1) is 0 Å². The Kier molecular flexibility index (Phi) is 5.25. The summed E-state index contributed by atoms with van der Waals surface area (Å²) in [6.45, 7) is 0. The molecule has 214 valence electrons. The lowest BCUT2D eigenvalue weighted by Crippen LogP contribution is -1.92. The predicted octanol–water partition coefficient (Wildman–Crippen LogP) is 11.1. The van der Waals surface area contributed by atoms with Crippen LogP contribution in [-0.4, -0.2) is 14.5 Å². The van der Waals surface area contributed by atoms with Crippen molar-refractivity contribution >= 4 is 65.6 Å². The van der Waals surface area contributed by atoms with E-state index in [2.05, 4.69) is 143 Å². The van der Waals surface area contributed by atoms with Gasteiger partial charge in [-0.05, 0) is 83.9 Å². The predicted molar refractivity (Wildman–Crippen MR) is 190 cm³/mol. The maximum atomic E-state index is 6.34. The van der Waals surface area contributed by atoms with Crippen molar-refractivity contribution in [2.24, 2.45) is 0 Å². The Morgan fingerprint density at radius 1 is 0.457 bits per heavy atom. The first-order chi connectivity index (χ1) is 22.8. The second kappa shape index (κ2) is 9.62. The zero-order chi connectivity index (χ0) is 30.2. The summed E-state index contributed by atoms with van der Waals surface area (Å²) in [5.74, 6) is 0. The number of aromatic nitrogens is 3. The van der Waals surface area contributed by atoms with Gasteiger partial charge >= 0.3 is 0 Å². The number of nitrogens with zero attached hydrogens (tertiary/aromatic N) is 3. The molecule has 0 aliphatic carbocycles. The SMILES string of the molecule is c1ccc(-n2c3ccccc3c3cc(-c4ccc5oc6ccc(-c7nc8cccnc8c8ccccc78)cc6c5c4)ccc32)cc1. The number of para-hydroxylation sites is 2. The molecule has 0 spiro atoms. The second-order valence-electron chi connectivity index (χ2n) is 11.8. The van der Waals surface area contributed by atoms with E-state index >= 15 is 0 Å². The van der Waals surface area contributed by atoms with Gasteiger partial charge in [0.15, 0.2) is 0 Å². The van der Waals surface area contributed by atoms with Crippen molar-refractivity contribution in [2.75, 3.05) is 0 Å². The first-order valence-electron chi connectivity index (χ1n) is 15.5. The van der Waals surface area contributed by atoms with Crippen LogP contribution < -0.4 is 0 Å². The molecule has 0 radical (unpaired) electrons. The summed E-state index contributed by atoms with van der Waals surface area (Å²) in [5.41, 5.74) is 11.4. The van der Waals surface area contributed by atoms with Gasteiger partial charge in [-0.3, -0.25) is 4.98 Å². The van der Waals surface area contributed by atoms with Crippen LogP contribution in [0.5, 0.6) is 0 Å². The maximum absolute atomic E-state index is 6.34. The van der Waals surface area contributed by atoms with Crippen molar-refractivity contribution in [3.8, 4) is 28.1 Å². The molecule has 0 aliphatic heterocycles. The Hall–Kier alpha value is -6.26. The van der Waals surface area contributed by atoms with Crippen LogP contribution in [0.2, 0.25) is 0 Å². The normalized spacial score (nSPS) is 11.9. The third kappa shape index (κ3) is 3.67. The van der Waals surface area contributed by atoms with Gasteiger partial charge in [-0.1, -0.05) is 72.8 Å². The highest BCUT2D eigenvalue weighted by atomic mass is 16.3. The molecule has 0 aliphatic rings. The number of hydrogen-bond acceptors (Lipinski definition) is 3. The lowest BCUT2D eigenvalue weighted by atomic mass is 9.98. The van der Waals surface area contributed by atoms with Crippen LogP contribution >= 0.6 is 0 Å². The molecule has 0 saturated carbocycles. The van der Waals surface area contributed by atoms with Crippen molar-refractivity contribution in [3.63, 3.8) is 0 Å². The first-order valence-corrected chi connectivity index (χ1v) is 15.5. The summed E-state index contributed by atoms with van der Waals surface area (Å²) in [7, 11) is 0. The van der Waals surface area contributed by atoms with Gasteiger partial charge in [-0.25, -0.2) is 4.98 Å². The number of benzene rings is 6. The van der Waals surface area contributed by atoms with Crippen LogP contribution in [0.15, 0.2) is 156 Å². The second-order valence-corrected chi connectivity index (χ2v) is 11.8. The van der Waals surface area contributed by atoms with Crippen LogP contribution in [0.3, 0.4) is 0 Å². The fourth-order valence-corrected chi connectivity index (χ4v) is 7.10. The van der Waals surface area contributed by atoms with Gasteiger partial charge in [0.2, 0.25) is 0 Å². The van der Waals surface area contributed by atoms with E-state index in [-0.39, 0.29) is 0 Å². The summed E-state index contributed by atoms with van der Waals surface area (Å²) in [6, 6.07) is 51.3. The molecule has 0 atom stereocenters. The minimum Gasteiger partial charge on any atom is -0.456 e. The highest BCUT2D eigenvalue weighted by Crippen LogP contribution is 2.39. The van der Waals surface area contributed by atoms with Crippen molar-refractivity contribution in [1.29, 1.82) is 0 Å². The molecule has 0 bridgehead atoms. The van der Waals surface area contributed by atoms with Gasteiger partial charge in [0, 0.05) is 49.8 Å². The average molecular weight is 588 g/mol. The Morgan fingerprint density at radius 2 is 1.09 bits per heavy atom. The van der Waals surface area contributed by atoms with E-state index in [0.29, 0.717) is 0 Å². The standard InChI is InChI=1S/C42H25N3O/c1-2-9-29(10-3-1)45-37-15-7-6-11-30(37)33-23-26(16-19-38(33)45)27-17-20-39-34(24-27)35-25-28(18-21-40(35)46-39)41-31-12-4-5-13-32(31)42-36(44-41)14-8-22-43-42/h1-25H. The van der Waals surface area contributed by atoms with Gasteiger partial charge in [-0.2, -0.15) is 0 Å². The molecule has 46 heavy (non-hydrogen) atoms. The van der Waals surface area contributed by atoms with Gasteiger partial charge in [0.05, 0.1) is 27.8 Å². The van der Waals surface area contributed by atoms with Crippen LogP contribution in [0.4, 0.5) is 0 Å². The largest absolute Gasteiger partial charge is 0.456 e. The fraction of sp³-hybridized carbons (Fsp3) is 0. The van der Waals surface area contributed by atoms with E-state index in [1.165, 1.54) is 27.4 Å². The van der Waals surface area contributed by atoms with E-state index in [9.17, 15) is 0 Å². The molecule has 4 heteroatoms. The van der Waals surface area contributed by atoms with Crippen molar-refractivity contribution in [2.45, 2.75) is 0 Å². The smallest absolute Gasteiger partial charge is 0.135 e. The van der Waals surface area contributed by atoms with Crippen LogP contribution in [0.1, 0.15) is 0 Å². The molecule has 0 unspecified atom stereocenters. The molecule has 0 saturated heterocycles. The molecule has 4 nitrogen and oxygen atoms in total. The summed E-state index contributed by atoms with van der Waals surface area (Å²) in [6.07, 6.45) is 1.83. The zero-order valence-electron chi connectivity index (χ0n) is 24.7. The average Bonchev–Trinajstić information content (AvgIpc) is 3.66. The van der Waals surface area contributed by atoms with E-state index in [1.807, 2.05) is 18.3 Å². The molecule has 10 rings (SSSR count). The first kappa shape index (κ1) is 25.1. The third-order valence-electron chi connectivity index (χ3n) is 9.22. The molecule has 0 N–H and O–H groups in total. The lowest BCUT2D eigenvalue weighted by molar-refractivity contribution is 0.669. The summed E-state index contributed by atoms with van der Waals surface area (Å²) in [4.78, 5) is 9.73. The topological polar surface area (TPSA) is 43.9 Å². The zero-order valence-corrected chi connectivity index (χ0v) is 24.7. The number of pyridine rings is 2. The lowest BCUT2D eigenvalue weighted by Gasteiger charge is -2.09. The third-order valence-corrected chi connectivity index (χ3v) is 9.22. The quantitative estimate of drug-likeness (QED) is 0.193. The molecule has 10 aromatic rings. The minimum atomic E-state index is 0.865.